The molecule has 16 heavy (non-hydrogen) atoms. The lowest BCUT2D eigenvalue weighted by molar-refractivity contribution is -0.386. The van der Waals surface area contributed by atoms with Crippen LogP contribution in [-0.2, 0) is 0 Å². The molecule has 1 fully saturated rings. The van der Waals surface area contributed by atoms with Gasteiger partial charge in [-0.05, 0) is 18.8 Å². The molecule has 0 aliphatic heterocycles. The van der Waals surface area contributed by atoms with Crippen LogP contribution in [-0.4, -0.2) is 28.5 Å². The van der Waals surface area contributed by atoms with Gasteiger partial charge in [-0.3, -0.25) is 10.1 Å². The first-order valence-electron chi connectivity index (χ1n) is 5.02. The summed E-state index contributed by atoms with van der Waals surface area (Å²) in [7, 11) is 1.64. The summed E-state index contributed by atoms with van der Waals surface area (Å²) in [5.41, 5.74) is -0.195. The average molecular weight is 224 g/mol. The summed E-state index contributed by atoms with van der Waals surface area (Å²) in [6.45, 7) is 0.487. The molecule has 0 saturated heterocycles. The molecule has 0 bridgehead atoms. The Morgan fingerprint density at radius 3 is 3.00 bits per heavy atom. The zero-order valence-corrected chi connectivity index (χ0v) is 8.84. The van der Waals surface area contributed by atoms with Gasteiger partial charge in [-0.25, -0.2) is 4.98 Å². The Balaban J connectivity index is 2.18. The molecule has 0 radical (unpaired) electrons. The quantitative estimate of drug-likeness (QED) is 0.597. The van der Waals surface area contributed by atoms with Crippen molar-refractivity contribution in [2.45, 2.75) is 12.8 Å². The Labute approximate surface area is 92.0 Å². The minimum atomic E-state index is -0.540. The minimum absolute atomic E-state index is 0.0382. The monoisotopic (exact) mass is 224 g/mol. The van der Waals surface area contributed by atoms with E-state index in [4.69, 9.17) is 4.74 Å². The molecule has 0 amide bonds. The van der Waals surface area contributed by atoms with Crippen LogP contribution >= 0.6 is 0 Å². The number of anilines is 1. The molecular formula is C9H12N4O3. The molecule has 1 heterocycles. The molecule has 86 valence electrons. The van der Waals surface area contributed by atoms with Crippen molar-refractivity contribution in [3.63, 3.8) is 0 Å². The largest absolute Gasteiger partial charge is 0.472 e. The topological polar surface area (TPSA) is 90.2 Å². The summed E-state index contributed by atoms with van der Waals surface area (Å²) >= 11 is 0. The second-order valence-corrected chi connectivity index (χ2v) is 3.65. The third-order valence-electron chi connectivity index (χ3n) is 2.31. The lowest BCUT2D eigenvalue weighted by Gasteiger charge is -2.05. The van der Waals surface area contributed by atoms with Gasteiger partial charge in [0, 0.05) is 7.05 Å². The standard InChI is InChI=1S/C9H12N4O3/c1-10-9-11-4-7(13(14)15)8(12-9)16-5-6-2-3-6/h4,6H,2-3,5H2,1H3,(H,10,11,12). The first kappa shape index (κ1) is 10.6. The normalized spacial score (nSPS) is 14.6. The molecule has 0 aromatic carbocycles. The van der Waals surface area contributed by atoms with Crippen LogP contribution in [0, 0.1) is 16.0 Å². The second-order valence-electron chi connectivity index (χ2n) is 3.65. The molecule has 0 unspecified atom stereocenters. The van der Waals surface area contributed by atoms with Gasteiger partial charge in [0.15, 0.2) is 0 Å². The highest BCUT2D eigenvalue weighted by Gasteiger charge is 2.25. The van der Waals surface area contributed by atoms with Crippen LogP contribution in [0.15, 0.2) is 6.20 Å². The Morgan fingerprint density at radius 1 is 1.69 bits per heavy atom. The zero-order chi connectivity index (χ0) is 11.5. The van der Waals surface area contributed by atoms with E-state index in [0.717, 1.165) is 19.0 Å². The molecule has 7 heteroatoms. The van der Waals surface area contributed by atoms with Crippen molar-refractivity contribution in [2.24, 2.45) is 5.92 Å². The SMILES string of the molecule is CNc1ncc([N+](=O)[O-])c(OCC2CC2)n1. The molecule has 2 rings (SSSR count). The molecule has 1 aliphatic carbocycles. The summed E-state index contributed by atoms with van der Waals surface area (Å²) in [4.78, 5) is 17.9. The first-order valence-corrected chi connectivity index (χ1v) is 5.02. The lowest BCUT2D eigenvalue weighted by Crippen LogP contribution is -2.06. The van der Waals surface area contributed by atoms with E-state index in [9.17, 15) is 10.1 Å². The number of hydrogen-bond acceptors (Lipinski definition) is 6. The van der Waals surface area contributed by atoms with Gasteiger partial charge in [0.25, 0.3) is 5.88 Å². The van der Waals surface area contributed by atoms with E-state index in [1.165, 1.54) is 0 Å². The van der Waals surface area contributed by atoms with Crippen LogP contribution in [0.25, 0.3) is 0 Å². The third-order valence-corrected chi connectivity index (χ3v) is 2.31. The van der Waals surface area contributed by atoms with Gasteiger partial charge in [0.1, 0.15) is 6.20 Å². The van der Waals surface area contributed by atoms with Crippen molar-refractivity contribution in [2.75, 3.05) is 19.0 Å². The molecule has 7 nitrogen and oxygen atoms in total. The van der Waals surface area contributed by atoms with E-state index in [1.807, 2.05) is 0 Å². The van der Waals surface area contributed by atoms with E-state index in [1.54, 1.807) is 7.05 Å². The van der Waals surface area contributed by atoms with Crippen LogP contribution in [0.5, 0.6) is 5.88 Å². The number of hydrogen-bond donors (Lipinski definition) is 1. The highest BCUT2D eigenvalue weighted by Crippen LogP contribution is 2.31. The van der Waals surface area contributed by atoms with Gasteiger partial charge >= 0.3 is 5.69 Å². The number of nitrogens with zero attached hydrogens (tertiary/aromatic N) is 3. The van der Waals surface area contributed by atoms with Gasteiger partial charge in [-0.15, -0.1) is 0 Å². The van der Waals surface area contributed by atoms with Crippen molar-refractivity contribution < 1.29 is 9.66 Å². The predicted octanol–water partition coefficient (Wildman–Crippen LogP) is 1.22. The maximum absolute atomic E-state index is 10.7. The number of ether oxygens (including phenoxy) is 1. The average Bonchev–Trinajstić information content (AvgIpc) is 3.09. The fourth-order valence-corrected chi connectivity index (χ4v) is 1.19. The first-order chi connectivity index (χ1) is 7.70. The van der Waals surface area contributed by atoms with E-state index in [2.05, 4.69) is 15.3 Å². The Bertz CT molecular complexity index is 406. The van der Waals surface area contributed by atoms with Crippen LogP contribution < -0.4 is 10.1 Å². The molecule has 1 aromatic heterocycles. The summed E-state index contributed by atoms with van der Waals surface area (Å²) < 4.78 is 5.33. The Morgan fingerprint density at radius 2 is 2.44 bits per heavy atom. The number of nitro groups is 1. The minimum Gasteiger partial charge on any atom is -0.472 e. The maximum atomic E-state index is 10.7. The number of nitrogens with one attached hydrogen (secondary N) is 1. The third kappa shape index (κ3) is 2.36. The number of aromatic nitrogens is 2. The fraction of sp³-hybridized carbons (Fsp3) is 0.556. The van der Waals surface area contributed by atoms with E-state index < -0.39 is 4.92 Å². The summed E-state index contributed by atoms with van der Waals surface area (Å²) in [5, 5.41) is 13.4. The smallest absolute Gasteiger partial charge is 0.349 e. The molecule has 1 N–H and O–H groups in total. The van der Waals surface area contributed by atoms with Crippen LogP contribution in [0.2, 0.25) is 0 Å². The van der Waals surface area contributed by atoms with Crippen LogP contribution in [0.3, 0.4) is 0 Å². The van der Waals surface area contributed by atoms with Crippen LogP contribution in [0.4, 0.5) is 11.6 Å². The van der Waals surface area contributed by atoms with Gasteiger partial charge in [-0.1, -0.05) is 0 Å². The van der Waals surface area contributed by atoms with E-state index in [-0.39, 0.29) is 11.6 Å². The molecule has 0 spiro atoms. The van der Waals surface area contributed by atoms with Crippen molar-refractivity contribution in [1.29, 1.82) is 0 Å². The Kier molecular flexibility index (Phi) is 2.84. The molecule has 1 aliphatic rings. The molecular weight excluding hydrogens is 212 g/mol. The summed E-state index contributed by atoms with van der Waals surface area (Å²) in [6.07, 6.45) is 3.40. The Hall–Kier alpha value is -1.92. The van der Waals surface area contributed by atoms with Crippen molar-refractivity contribution in [1.82, 2.24) is 9.97 Å². The van der Waals surface area contributed by atoms with Gasteiger partial charge in [0.05, 0.1) is 11.5 Å². The molecule has 0 atom stereocenters. The maximum Gasteiger partial charge on any atom is 0.349 e. The summed E-state index contributed by atoms with van der Waals surface area (Å²) in [6, 6.07) is 0. The number of rotatable bonds is 5. The lowest BCUT2D eigenvalue weighted by atomic mass is 10.4. The van der Waals surface area contributed by atoms with Crippen LogP contribution in [0.1, 0.15) is 12.8 Å². The molecule has 1 saturated carbocycles. The molecule has 1 aromatic rings. The van der Waals surface area contributed by atoms with E-state index in [0.29, 0.717) is 18.5 Å². The van der Waals surface area contributed by atoms with Gasteiger partial charge in [0.2, 0.25) is 5.95 Å². The van der Waals surface area contributed by atoms with Gasteiger partial charge in [-0.2, -0.15) is 4.98 Å². The fourth-order valence-electron chi connectivity index (χ4n) is 1.19. The van der Waals surface area contributed by atoms with Gasteiger partial charge < -0.3 is 10.1 Å². The van der Waals surface area contributed by atoms with Crippen molar-refractivity contribution in [3.05, 3.63) is 16.3 Å². The van der Waals surface area contributed by atoms with Crippen molar-refractivity contribution >= 4 is 11.6 Å². The zero-order valence-electron chi connectivity index (χ0n) is 8.84. The van der Waals surface area contributed by atoms with E-state index >= 15 is 0 Å². The van der Waals surface area contributed by atoms with Crippen molar-refractivity contribution in [3.8, 4) is 5.88 Å². The highest BCUT2D eigenvalue weighted by atomic mass is 16.6. The second kappa shape index (κ2) is 4.30. The predicted molar refractivity (Wildman–Crippen MR) is 56.5 cm³/mol. The highest BCUT2D eigenvalue weighted by molar-refractivity contribution is 5.42. The summed E-state index contributed by atoms with van der Waals surface area (Å²) in [5.74, 6) is 0.875.